The Morgan fingerprint density at radius 3 is 2.32 bits per heavy atom. The Morgan fingerprint density at radius 1 is 1.16 bits per heavy atom. The molecule has 1 aliphatic heterocycles. The average Bonchev–Trinajstić information content (AvgIpc) is 2.32. The summed E-state index contributed by atoms with van der Waals surface area (Å²) in [7, 11) is -3.07. The Bertz CT molecular complexity index is 555. The van der Waals surface area contributed by atoms with Crippen LogP contribution in [0.5, 0.6) is 0 Å². The second-order valence-electron chi connectivity index (χ2n) is 4.67. The highest BCUT2D eigenvalue weighted by molar-refractivity contribution is 7.88. The highest BCUT2D eigenvalue weighted by Crippen LogP contribution is 2.22. The molecule has 1 heterocycles. The van der Waals surface area contributed by atoms with Crippen LogP contribution in [-0.2, 0) is 16.6 Å². The third kappa shape index (κ3) is 4.07. The Kier molecular flexibility index (Phi) is 4.74. The van der Waals surface area contributed by atoms with Gasteiger partial charge in [-0.2, -0.15) is 4.31 Å². The van der Waals surface area contributed by atoms with Gasteiger partial charge in [0, 0.05) is 42.8 Å². The minimum Gasteiger partial charge on any atom is -0.296 e. The molecule has 1 fully saturated rings. The molecule has 4 nitrogen and oxygen atoms in total. The van der Waals surface area contributed by atoms with Crippen molar-refractivity contribution in [1.29, 1.82) is 0 Å². The smallest absolute Gasteiger partial charge is 0.211 e. The van der Waals surface area contributed by atoms with Gasteiger partial charge in [-0.25, -0.2) is 8.42 Å². The summed E-state index contributed by atoms with van der Waals surface area (Å²) in [5, 5.41) is 1.27. The molecule has 0 unspecified atom stereocenters. The van der Waals surface area contributed by atoms with Crippen molar-refractivity contribution < 1.29 is 8.42 Å². The number of piperazine rings is 1. The maximum atomic E-state index is 11.4. The number of hydrogen-bond acceptors (Lipinski definition) is 3. The van der Waals surface area contributed by atoms with E-state index in [1.165, 1.54) is 10.6 Å². The van der Waals surface area contributed by atoms with Gasteiger partial charge in [-0.1, -0.05) is 29.3 Å². The molecule has 106 valence electrons. The number of rotatable bonds is 3. The molecule has 19 heavy (non-hydrogen) atoms. The van der Waals surface area contributed by atoms with Crippen LogP contribution in [0.3, 0.4) is 0 Å². The topological polar surface area (TPSA) is 40.6 Å². The van der Waals surface area contributed by atoms with Gasteiger partial charge in [0.05, 0.1) is 6.26 Å². The maximum absolute atomic E-state index is 11.4. The molecular formula is C12H16Cl2N2O2S. The third-order valence-corrected chi connectivity index (χ3v) is 5.10. The molecule has 1 aromatic rings. The van der Waals surface area contributed by atoms with E-state index >= 15 is 0 Å². The van der Waals surface area contributed by atoms with Crippen LogP contribution in [-0.4, -0.2) is 50.1 Å². The molecule has 0 bridgehead atoms. The quantitative estimate of drug-likeness (QED) is 0.855. The Hall–Kier alpha value is -0.330. The van der Waals surface area contributed by atoms with E-state index in [1.54, 1.807) is 6.07 Å². The van der Waals surface area contributed by atoms with Crippen LogP contribution in [0, 0.1) is 0 Å². The summed E-state index contributed by atoms with van der Waals surface area (Å²) < 4.78 is 24.3. The second-order valence-corrected chi connectivity index (χ2v) is 7.50. The molecule has 0 amide bonds. The molecule has 0 spiro atoms. The molecule has 1 aromatic carbocycles. The highest BCUT2D eigenvalue weighted by atomic mass is 35.5. The Morgan fingerprint density at radius 2 is 1.79 bits per heavy atom. The molecule has 0 radical (unpaired) electrons. The fraction of sp³-hybridized carbons (Fsp3) is 0.500. The molecule has 2 rings (SSSR count). The number of hydrogen-bond donors (Lipinski definition) is 0. The van der Waals surface area contributed by atoms with Crippen LogP contribution in [0.25, 0.3) is 0 Å². The second kappa shape index (κ2) is 5.97. The predicted molar refractivity (Wildman–Crippen MR) is 78.2 cm³/mol. The van der Waals surface area contributed by atoms with Crippen molar-refractivity contribution in [2.75, 3.05) is 32.4 Å². The van der Waals surface area contributed by atoms with Crippen molar-refractivity contribution in [3.8, 4) is 0 Å². The van der Waals surface area contributed by atoms with Crippen molar-refractivity contribution in [1.82, 2.24) is 9.21 Å². The van der Waals surface area contributed by atoms with Gasteiger partial charge in [-0.15, -0.1) is 0 Å². The van der Waals surface area contributed by atoms with Crippen molar-refractivity contribution >= 4 is 33.2 Å². The number of nitrogens with zero attached hydrogens (tertiary/aromatic N) is 2. The Balaban J connectivity index is 1.96. The molecule has 0 atom stereocenters. The van der Waals surface area contributed by atoms with Gasteiger partial charge in [0.15, 0.2) is 0 Å². The monoisotopic (exact) mass is 322 g/mol. The molecule has 1 aliphatic rings. The lowest BCUT2D eigenvalue weighted by atomic mass is 10.2. The zero-order valence-electron chi connectivity index (χ0n) is 10.6. The van der Waals surface area contributed by atoms with Gasteiger partial charge in [0.1, 0.15) is 0 Å². The van der Waals surface area contributed by atoms with E-state index in [2.05, 4.69) is 4.90 Å². The summed E-state index contributed by atoms with van der Waals surface area (Å²) in [6, 6.07) is 5.45. The van der Waals surface area contributed by atoms with E-state index in [1.807, 2.05) is 12.1 Å². The maximum Gasteiger partial charge on any atom is 0.211 e. The molecular weight excluding hydrogens is 307 g/mol. The zero-order chi connectivity index (χ0) is 14.0. The summed E-state index contributed by atoms with van der Waals surface area (Å²) in [6.45, 7) is 3.21. The van der Waals surface area contributed by atoms with Crippen molar-refractivity contribution in [3.63, 3.8) is 0 Å². The Labute approximate surface area is 124 Å². The molecule has 0 saturated carbocycles. The summed E-state index contributed by atoms with van der Waals surface area (Å²) in [4.78, 5) is 2.19. The fourth-order valence-corrected chi connectivity index (χ4v) is 3.40. The van der Waals surface area contributed by atoms with Crippen LogP contribution in [0.15, 0.2) is 18.2 Å². The average molecular weight is 323 g/mol. The first-order chi connectivity index (χ1) is 8.86. The molecule has 0 N–H and O–H groups in total. The van der Waals surface area contributed by atoms with E-state index in [0.29, 0.717) is 42.8 Å². The van der Waals surface area contributed by atoms with Gasteiger partial charge in [-0.05, 0) is 17.7 Å². The predicted octanol–water partition coefficient (Wildman–Crippen LogP) is 2.07. The van der Waals surface area contributed by atoms with Crippen LogP contribution in [0.2, 0.25) is 10.0 Å². The van der Waals surface area contributed by atoms with E-state index in [0.717, 1.165) is 5.56 Å². The van der Waals surface area contributed by atoms with Gasteiger partial charge in [-0.3, -0.25) is 4.90 Å². The molecule has 0 aliphatic carbocycles. The summed E-state index contributed by atoms with van der Waals surface area (Å²) in [5.74, 6) is 0. The van der Waals surface area contributed by atoms with E-state index in [9.17, 15) is 8.42 Å². The first-order valence-electron chi connectivity index (χ1n) is 5.97. The number of benzene rings is 1. The first kappa shape index (κ1) is 15.1. The summed E-state index contributed by atoms with van der Waals surface area (Å²) in [6.07, 6.45) is 1.25. The summed E-state index contributed by atoms with van der Waals surface area (Å²) in [5.41, 5.74) is 1.01. The molecule has 1 saturated heterocycles. The van der Waals surface area contributed by atoms with E-state index in [4.69, 9.17) is 23.2 Å². The van der Waals surface area contributed by atoms with Gasteiger partial charge in [0.25, 0.3) is 0 Å². The van der Waals surface area contributed by atoms with Gasteiger partial charge < -0.3 is 0 Å². The lowest BCUT2D eigenvalue weighted by molar-refractivity contribution is 0.182. The number of sulfonamides is 1. The molecule has 0 aromatic heterocycles. The van der Waals surface area contributed by atoms with Crippen LogP contribution < -0.4 is 0 Å². The highest BCUT2D eigenvalue weighted by Gasteiger charge is 2.23. The van der Waals surface area contributed by atoms with Crippen molar-refractivity contribution in [2.24, 2.45) is 0 Å². The zero-order valence-corrected chi connectivity index (χ0v) is 13.0. The van der Waals surface area contributed by atoms with Crippen LogP contribution in [0.4, 0.5) is 0 Å². The minimum atomic E-state index is -3.07. The van der Waals surface area contributed by atoms with Crippen molar-refractivity contribution in [2.45, 2.75) is 6.54 Å². The first-order valence-corrected chi connectivity index (χ1v) is 8.58. The van der Waals surface area contributed by atoms with Gasteiger partial charge in [0.2, 0.25) is 10.0 Å². The number of halogens is 2. The molecule has 7 heteroatoms. The third-order valence-electron chi connectivity index (χ3n) is 3.21. The summed E-state index contributed by atoms with van der Waals surface area (Å²) >= 11 is 12.0. The minimum absolute atomic E-state index is 0.532. The van der Waals surface area contributed by atoms with Crippen LogP contribution >= 0.6 is 23.2 Å². The van der Waals surface area contributed by atoms with Gasteiger partial charge >= 0.3 is 0 Å². The lowest BCUT2D eigenvalue weighted by Crippen LogP contribution is -2.47. The standard InChI is InChI=1S/C12H16Cl2N2O2S/c1-19(17,18)16-6-4-15(5-7-16)9-10-2-3-11(13)8-12(10)14/h2-3,8H,4-7,9H2,1H3. The van der Waals surface area contributed by atoms with E-state index in [-0.39, 0.29) is 0 Å². The SMILES string of the molecule is CS(=O)(=O)N1CCN(Cc2ccc(Cl)cc2Cl)CC1. The van der Waals surface area contributed by atoms with Crippen molar-refractivity contribution in [3.05, 3.63) is 33.8 Å². The fourth-order valence-electron chi connectivity index (χ4n) is 2.11. The normalized spacial score (nSPS) is 18.7. The van der Waals surface area contributed by atoms with E-state index < -0.39 is 10.0 Å². The largest absolute Gasteiger partial charge is 0.296 e. The van der Waals surface area contributed by atoms with Crippen LogP contribution in [0.1, 0.15) is 5.56 Å². The lowest BCUT2D eigenvalue weighted by Gasteiger charge is -2.33.